The van der Waals surface area contributed by atoms with Gasteiger partial charge in [0, 0.05) is 48.0 Å². The van der Waals surface area contributed by atoms with Gasteiger partial charge in [0.1, 0.15) is 28.9 Å². The number of aryl methyl sites for hydroxylation is 2. The van der Waals surface area contributed by atoms with E-state index in [4.69, 9.17) is 33.0 Å². The Morgan fingerprint density at radius 3 is 2.37 bits per heavy atom. The Labute approximate surface area is 322 Å². The molecule has 2 heterocycles. The van der Waals surface area contributed by atoms with E-state index in [2.05, 4.69) is 21.0 Å². The zero-order chi connectivity index (χ0) is 39.3. The van der Waals surface area contributed by atoms with Crippen LogP contribution < -0.4 is 26.2 Å². The van der Waals surface area contributed by atoms with Gasteiger partial charge in [-0.1, -0.05) is 74.3 Å². The van der Waals surface area contributed by atoms with Gasteiger partial charge >= 0.3 is 6.03 Å². The van der Waals surface area contributed by atoms with Crippen molar-refractivity contribution >= 4 is 41.0 Å². The molecule has 0 radical (unpaired) electrons. The zero-order valence-electron chi connectivity index (χ0n) is 30.4. The number of hydrogen-bond donors (Lipinski definition) is 6. The van der Waals surface area contributed by atoms with Crippen LogP contribution in [0.25, 0.3) is 11.4 Å². The lowest BCUT2D eigenvalue weighted by atomic mass is 9.92. The molecule has 13 nitrogen and oxygen atoms in total. The summed E-state index contributed by atoms with van der Waals surface area (Å²) in [6.07, 6.45) is -1.10. The number of carbonyl (C=O) groups is 2. The van der Waals surface area contributed by atoms with Crippen LogP contribution in [0.3, 0.4) is 0 Å². The Morgan fingerprint density at radius 2 is 1.69 bits per heavy atom. The molecular formula is C39H42Cl2N6O7. The Hall–Kier alpha value is -5.34. The standard InChI is InChI=1S/C39H42Cl2N6O7/c1-22-10-11-24(36(51)42-19-28(49)20-48)15-30(22)46-23(2)14-32(35(41)37(46)52)54-21-26-9-7-6-8-25(26)18-43-38(53)44-34-17-33(39(3,4)5)45-47(34)27-12-13-29(40)31(50)16-27/h6-17,28,48-50H,18-21H2,1-5H3,(H,42,51)(H2,43,44,53). The predicted octanol–water partition coefficient (Wildman–Crippen LogP) is 5.93. The summed E-state index contributed by atoms with van der Waals surface area (Å²) in [4.78, 5) is 39.5. The van der Waals surface area contributed by atoms with Crippen LogP contribution in [0.1, 0.15) is 59.2 Å². The van der Waals surface area contributed by atoms with Crippen LogP contribution >= 0.6 is 23.2 Å². The van der Waals surface area contributed by atoms with E-state index in [0.29, 0.717) is 28.5 Å². The first kappa shape index (κ1) is 39.9. The molecule has 0 saturated heterocycles. The third-order valence-electron chi connectivity index (χ3n) is 8.56. The molecule has 0 spiro atoms. The molecule has 1 atom stereocenters. The van der Waals surface area contributed by atoms with Crippen molar-refractivity contribution < 1.29 is 29.6 Å². The molecule has 3 aromatic carbocycles. The summed E-state index contributed by atoms with van der Waals surface area (Å²) in [6, 6.07) is 19.8. The number of hydrogen-bond acceptors (Lipinski definition) is 8. The zero-order valence-corrected chi connectivity index (χ0v) is 31.9. The highest BCUT2D eigenvalue weighted by Gasteiger charge is 2.23. The molecule has 1 unspecified atom stereocenters. The van der Waals surface area contributed by atoms with E-state index in [9.17, 15) is 24.6 Å². The quantitative estimate of drug-likeness (QED) is 0.0902. The van der Waals surface area contributed by atoms with Gasteiger partial charge in [-0.3, -0.25) is 19.5 Å². The van der Waals surface area contributed by atoms with Crippen LogP contribution in [0.2, 0.25) is 10.0 Å². The number of carbonyl (C=O) groups excluding carboxylic acids is 2. The van der Waals surface area contributed by atoms with Crippen molar-refractivity contribution in [3.05, 3.63) is 127 Å². The van der Waals surface area contributed by atoms with E-state index in [1.807, 2.05) is 45.0 Å². The Balaban J connectivity index is 1.30. The molecule has 5 rings (SSSR count). The van der Waals surface area contributed by atoms with E-state index in [-0.39, 0.29) is 52.2 Å². The van der Waals surface area contributed by atoms with E-state index < -0.39 is 30.2 Å². The second-order valence-electron chi connectivity index (χ2n) is 13.7. The van der Waals surface area contributed by atoms with Gasteiger partial charge in [-0.25, -0.2) is 9.48 Å². The average molecular weight is 778 g/mol. The Kier molecular flexibility index (Phi) is 12.4. The van der Waals surface area contributed by atoms with Gasteiger partial charge in [0.15, 0.2) is 0 Å². The fourth-order valence-corrected chi connectivity index (χ4v) is 5.79. The van der Waals surface area contributed by atoms with Crippen molar-refractivity contribution in [3.63, 3.8) is 0 Å². The van der Waals surface area contributed by atoms with E-state index >= 15 is 0 Å². The number of aromatic nitrogens is 3. The largest absolute Gasteiger partial charge is 0.506 e. The first-order valence-electron chi connectivity index (χ1n) is 17.0. The van der Waals surface area contributed by atoms with Gasteiger partial charge in [0.05, 0.1) is 34.8 Å². The molecule has 54 heavy (non-hydrogen) atoms. The van der Waals surface area contributed by atoms with Crippen LogP contribution in [0, 0.1) is 13.8 Å². The van der Waals surface area contributed by atoms with Crippen LogP contribution in [-0.2, 0) is 18.6 Å². The maximum Gasteiger partial charge on any atom is 0.320 e. The Bertz CT molecular complexity index is 2250. The summed E-state index contributed by atoms with van der Waals surface area (Å²) in [6.45, 7) is 9.07. The number of amides is 3. The molecule has 15 heteroatoms. The SMILES string of the molecule is Cc1ccc(C(=O)NCC(O)CO)cc1-n1c(C)cc(OCc2ccccc2CNC(=O)Nc2cc(C(C)(C)C)nn2-c2ccc(Cl)c(O)c2)c(Cl)c1=O. The maximum absolute atomic E-state index is 13.6. The minimum Gasteiger partial charge on any atom is -0.506 e. The normalized spacial score (nSPS) is 11.9. The molecule has 0 fully saturated rings. The number of benzene rings is 3. The number of phenolic OH excluding ortho intramolecular Hbond substituents is 1. The summed E-state index contributed by atoms with van der Waals surface area (Å²) in [7, 11) is 0. The van der Waals surface area contributed by atoms with Crippen molar-refractivity contribution in [1.82, 2.24) is 25.0 Å². The number of nitrogens with zero attached hydrogens (tertiary/aromatic N) is 3. The van der Waals surface area contributed by atoms with Gasteiger partial charge < -0.3 is 30.7 Å². The predicted molar refractivity (Wildman–Crippen MR) is 208 cm³/mol. The van der Waals surface area contributed by atoms with Crippen molar-refractivity contribution in [2.75, 3.05) is 18.5 Å². The third kappa shape index (κ3) is 9.23. The monoisotopic (exact) mass is 776 g/mol. The first-order chi connectivity index (χ1) is 25.6. The van der Waals surface area contributed by atoms with E-state index in [0.717, 1.165) is 16.8 Å². The number of nitrogens with one attached hydrogen (secondary N) is 3. The number of aromatic hydroxyl groups is 1. The van der Waals surface area contributed by atoms with Crippen LogP contribution in [0.5, 0.6) is 11.5 Å². The van der Waals surface area contributed by atoms with Crippen molar-refractivity contribution in [1.29, 1.82) is 0 Å². The fourth-order valence-electron chi connectivity index (χ4n) is 5.48. The van der Waals surface area contributed by atoms with Gasteiger partial charge in [-0.05, 0) is 54.8 Å². The molecule has 3 amide bonds. The topological polar surface area (TPSA) is 180 Å². The molecule has 0 aliphatic carbocycles. The molecule has 284 valence electrons. The molecule has 0 aliphatic rings. The van der Waals surface area contributed by atoms with Crippen molar-refractivity contribution in [2.45, 2.75) is 59.3 Å². The molecule has 2 aromatic heterocycles. The molecule has 5 aromatic rings. The second kappa shape index (κ2) is 16.8. The van der Waals surface area contributed by atoms with Gasteiger partial charge in [0.2, 0.25) is 0 Å². The lowest BCUT2D eigenvalue weighted by Gasteiger charge is -2.18. The highest BCUT2D eigenvalue weighted by atomic mass is 35.5. The number of urea groups is 1. The van der Waals surface area contributed by atoms with Crippen LogP contribution in [0.15, 0.2) is 77.6 Å². The molecule has 0 aliphatic heterocycles. The average Bonchev–Trinajstić information content (AvgIpc) is 3.57. The van der Waals surface area contributed by atoms with E-state index in [1.54, 1.807) is 56.3 Å². The van der Waals surface area contributed by atoms with Crippen LogP contribution in [-0.4, -0.2) is 60.9 Å². The van der Waals surface area contributed by atoms with Crippen molar-refractivity contribution in [2.24, 2.45) is 0 Å². The number of halogens is 2. The molecular weight excluding hydrogens is 735 g/mol. The second-order valence-corrected chi connectivity index (χ2v) is 14.5. The third-order valence-corrected chi connectivity index (χ3v) is 9.22. The highest BCUT2D eigenvalue weighted by molar-refractivity contribution is 6.32. The molecule has 0 bridgehead atoms. The minimum absolute atomic E-state index is 0.0399. The lowest BCUT2D eigenvalue weighted by Crippen LogP contribution is -2.34. The number of aliphatic hydroxyl groups is 2. The summed E-state index contributed by atoms with van der Waals surface area (Å²) in [5, 5.41) is 41.8. The van der Waals surface area contributed by atoms with Gasteiger partial charge in [0.25, 0.3) is 11.5 Å². The van der Waals surface area contributed by atoms with E-state index in [1.165, 1.54) is 15.3 Å². The van der Waals surface area contributed by atoms with Crippen molar-refractivity contribution in [3.8, 4) is 22.9 Å². The summed E-state index contributed by atoms with van der Waals surface area (Å²) in [5.74, 6) is -0.0456. The summed E-state index contributed by atoms with van der Waals surface area (Å²) >= 11 is 12.6. The van der Waals surface area contributed by atoms with Gasteiger partial charge in [-0.15, -0.1) is 0 Å². The Morgan fingerprint density at radius 1 is 0.963 bits per heavy atom. The number of ether oxygens (including phenoxy) is 1. The minimum atomic E-state index is -1.10. The highest BCUT2D eigenvalue weighted by Crippen LogP contribution is 2.31. The van der Waals surface area contributed by atoms with Crippen LogP contribution in [0.4, 0.5) is 10.6 Å². The number of anilines is 1. The first-order valence-corrected chi connectivity index (χ1v) is 17.8. The molecule has 6 N–H and O–H groups in total. The number of rotatable bonds is 12. The number of pyridine rings is 1. The number of aliphatic hydroxyl groups excluding tert-OH is 2. The fraction of sp³-hybridized carbons (Fsp3) is 0.282. The van der Waals surface area contributed by atoms with Gasteiger partial charge in [-0.2, -0.15) is 5.10 Å². The smallest absolute Gasteiger partial charge is 0.320 e. The lowest BCUT2D eigenvalue weighted by molar-refractivity contribution is 0.0802. The molecule has 0 saturated carbocycles. The summed E-state index contributed by atoms with van der Waals surface area (Å²) < 4.78 is 8.99. The maximum atomic E-state index is 13.6. The number of phenols is 1. The summed E-state index contributed by atoms with van der Waals surface area (Å²) in [5.41, 5.74) is 3.78.